The summed E-state index contributed by atoms with van der Waals surface area (Å²) in [4.78, 5) is 4.67. The molecule has 0 spiro atoms. The van der Waals surface area contributed by atoms with Gasteiger partial charge >= 0.3 is 0 Å². The fraction of sp³-hybridized carbons (Fsp3) is 0.217. The molecular formula is C23H22N4O3S. The standard InChI is InChI=1S/C23H22N4O3S/c1-16-5-3-4-6-22(16)30-19-7-9-20(10-8-19)31(28,29)26-12-11-21-18(15-26)14-24-23-13-17(2)25-27(21)23/h3-10,13-14H,11-12,15H2,1-2H3. The van der Waals surface area contributed by atoms with E-state index >= 15 is 0 Å². The molecule has 0 amide bonds. The van der Waals surface area contributed by atoms with E-state index < -0.39 is 10.0 Å². The van der Waals surface area contributed by atoms with Crippen LogP contribution in [0.5, 0.6) is 11.5 Å². The van der Waals surface area contributed by atoms with Gasteiger partial charge in [0.25, 0.3) is 0 Å². The van der Waals surface area contributed by atoms with E-state index in [1.54, 1.807) is 30.5 Å². The van der Waals surface area contributed by atoms with Gasteiger partial charge in [0, 0.05) is 37.3 Å². The van der Waals surface area contributed by atoms with E-state index in [1.807, 2.05) is 48.7 Å². The van der Waals surface area contributed by atoms with Crippen LogP contribution in [0.3, 0.4) is 0 Å². The summed E-state index contributed by atoms with van der Waals surface area (Å²) >= 11 is 0. The molecule has 0 bridgehead atoms. The van der Waals surface area contributed by atoms with Crippen LogP contribution >= 0.6 is 0 Å². The van der Waals surface area contributed by atoms with Crippen LogP contribution in [0.25, 0.3) is 5.65 Å². The molecule has 0 saturated heterocycles. The number of hydrogen-bond donors (Lipinski definition) is 0. The Morgan fingerprint density at radius 1 is 1.03 bits per heavy atom. The molecule has 8 heteroatoms. The Hall–Kier alpha value is -3.23. The third-order valence-corrected chi connectivity index (χ3v) is 7.38. The average molecular weight is 435 g/mol. The minimum Gasteiger partial charge on any atom is -0.457 e. The quantitative estimate of drug-likeness (QED) is 0.487. The predicted octanol–water partition coefficient (Wildman–Crippen LogP) is 3.89. The molecule has 0 aliphatic carbocycles. The van der Waals surface area contributed by atoms with Gasteiger partial charge < -0.3 is 4.74 Å². The second-order valence-electron chi connectivity index (χ2n) is 7.71. The number of ether oxygens (including phenoxy) is 1. The van der Waals surface area contributed by atoms with Crippen LogP contribution < -0.4 is 4.74 Å². The largest absolute Gasteiger partial charge is 0.457 e. The minimum absolute atomic E-state index is 0.247. The summed E-state index contributed by atoms with van der Waals surface area (Å²) in [6.45, 7) is 4.57. The van der Waals surface area contributed by atoms with Crippen LogP contribution in [0.4, 0.5) is 0 Å². The van der Waals surface area contributed by atoms with Gasteiger partial charge in [-0.15, -0.1) is 0 Å². The van der Waals surface area contributed by atoms with Crippen molar-refractivity contribution < 1.29 is 13.2 Å². The highest BCUT2D eigenvalue weighted by atomic mass is 32.2. The van der Waals surface area contributed by atoms with E-state index in [1.165, 1.54) is 4.31 Å². The van der Waals surface area contributed by atoms with Crippen LogP contribution in [0.15, 0.2) is 65.7 Å². The molecule has 4 aromatic rings. The van der Waals surface area contributed by atoms with E-state index in [2.05, 4.69) is 10.1 Å². The molecule has 2 aromatic heterocycles. The first kappa shape index (κ1) is 19.7. The first-order valence-electron chi connectivity index (χ1n) is 10.1. The van der Waals surface area contributed by atoms with Gasteiger partial charge in [0.05, 0.1) is 16.3 Å². The van der Waals surface area contributed by atoms with Gasteiger partial charge in [-0.1, -0.05) is 18.2 Å². The van der Waals surface area contributed by atoms with E-state index in [0.717, 1.165) is 33.9 Å². The lowest BCUT2D eigenvalue weighted by Crippen LogP contribution is -2.37. The molecule has 0 fully saturated rings. The number of aryl methyl sites for hydroxylation is 2. The number of para-hydroxylation sites is 1. The molecule has 7 nitrogen and oxygen atoms in total. The van der Waals surface area contributed by atoms with Crippen molar-refractivity contribution in [2.24, 2.45) is 0 Å². The summed E-state index contributed by atoms with van der Waals surface area (Å²) in [6.07, 6.45) is 2.34. The Balaban J connectivity index is 1.38. The van der Waals surface area contributed by atoms with Crippen molar-refractivity contribution in [1.29, 1.82) is 0 Å². The van der Waals surface area contributed by atoms with Crippen molar-refractivity contribution >= 4 is 15.7 Å². The van der Waals surface area contributed by atoms with Crippen LogP contribution in [-0.2, 0) is 23.0 Å². The monoisotopic (exact) mass is 434 g/mol. The fourth-order valence-electron chi connectivity index (χ4n) is 3.86. The zero-order valence-electron chi connectivity index (χ0n) is 17.3. The van der Waals surface area contributed by atoms with E-state index in [4.69, 9.17) is 4.74 Å². The number of benzene rings is 2. The third-order valence-electron chi connectivity index (χ3n) is 5.52. The van der Waals surface area contributed by atoms with Crippen LogP contribution in [0, 0.1) is 13.8 Å². The number of rotatable bonds is 4. The lowest BCUT2D eigenvalue weighted by Gasteiger charge is -2.28. The molecule has 31 heavy (non-hydrogen) atoms. The molecule has 2 aromatic carbocycles. The van der Waals surface area contributed by atoms with Crippen molar-refractivity contribution in [3.8, 4) is 11.5 Å². The lowest BCUT2D eigenvalue weighted by molar-refractivity contribution is 0.384. The molecule has 1 aliphatic heterocycles. The Kier molecular flexibility index (Phi) is 4.75. The summed E-state index contributed by atoms with van der Waals surface area (Å²) in [5, 5.41) is 4.49. The van der Waals surface area contributed by atoms with Crippen LogP contribution in [0.1, 0.15) is 22.5 Å². The average Bonchev–Trinajstić information content (AvgIpc) is 3.16. The van der Waals surface area contributed by atoms with E-state index in [9.17, 15) is 8.42 Å². The zero-order valence-corrected chi connectivity index (χ0v) is 18.1. The minimum atomic E-state index is -3.63. The van der Waals surface area contributed by atoms with Gasteiger partial charge in [-0.3, -0.25) is 0 Å². The number of nitrogens with zero attached hydrogens (tertiary/aromatic N) is 4. The molecule has 1 aliphatic rings. The van der Waals surface area contributed by atoms with E-state index in [0.29, 0.717) is 18.7 Å². The van der Waals surface area contributed by atoms with E-state index in [-0.39, 0.29) is 11.4 Å². The summed E-state index contributed by atoms with van der Waals surface area (Å²) in [5.74, 6) is 1.34. The third kappa shape index (κ3) is 3.58. The summed E-state index contributed by atoms with van der Waals surface area (Å²) in [5.41, 5.74) is 4.60. The number of hydrogen-bond acceptors (Lipinski definition) is 5. The topological polar surface area (TPSA) is 76.8 Å². The lowest BCUT2D eigenvalue weighted by atomic mass is 10.1. The van der Waals surface area contributed by atoms with Crippen molar-refractivity contribution in [2.45, 2.75) is 31.7 Å². The normalized spacial score (nSPS) is 14.5. The molecule has 5 rings (SSSR count). The van der Waals surface area contributed by atoms with Crippen molar-refractivity contribution in [3.63, 3.8) is 0 Å². The Labute approximate surface area is 181 Å². The number of sulfonamides is 1. The molecule has 0 N–H and O–H groups in total. The second kappa shape index (κ2) is 7.47. The second-order valence-corrected chi connectivity index (χ2v) is 9.65. The fourth-order valence-corrected chi connectivity index (χ4v) is 5.28. The summed E-state index contributed by atoms with van der Waals surface area (Å²) in [7, 11) is -3.63. The first-order valence-corrected chi connectivity index (χ1v) is 11.5. The van der Waals surface area contributed by atoms with Gasteiger partial charge in [-0.25, -0.2) is 17.9 Å². The predicted molar refractivity (Wildman–Crippen MR) is 117 cm³/mol. The molecule has 0 radical (unpaired) electrons. The number of aromatic nitrogens is 3. The molecule has 0 unspecified atom stereocenters. The summed E-state index contributed by atoms with van der Waals surface area (Å²) in [6, 6.07) is 16.2. The van der Waals surface area contributed by atoms with Crippen molar-refractivity contribution in [1.82, 2.24) is 18.9 Å². The van der Waals surface area contributed by atoms with Gasteiger partial charge in [0.1, 0.15) is 11.5 Å². The van der Waals surface area contributed by atoms with Gasteiger partial charge in [-0.05, 0) is 49.7 Å². The molecule has 158 valence electrons. The number of fused-ring (bicyclic) bond motifs is 3. The van der Waals surface area contributed by atoms with Gasteiger partial charge in [0.15, 0.2) is 5.65 Å². The first-order chi connectivity index (χ1) is 14.9. The zero-order chi connectivity index (χ0) is 21.6. The smallest absolute Gasteiger partial charge is 0.243 e. The maximum Gasteiger partial charge on any atom is 0.243 e. The van der Waals surface area contributed by atoms with Gasteiger partial charge in [-0.2, -0.15) is 9.40 Å². The van der Waals surface area contributed by atoms with Crippen LogP contribution in [0.2, 0.25) is 0 Å². The highest BCUT2D eigenvalue weighted by Gasteiger charge is 2.30. The maximum absolute atomic E-state index is 13.2. The van der Waals surface area contributed by atoms with Gasteiger partial charge in [0.2, 0.25) is 10.0 Å². The molecule has 0 atom stereocenters. The Morgan fingerprint density at radius 3 is 2.58 bits per heavy atom. The molecule has 0 saturated carbocycles. The van der Waals surface area contributed by atoms with Crippen LogP contribution in [-0.4, -0.2) is 33.9 Å². The Morgan fingerprint density at radius 2 is 1.81 bits per heavy atom. The highest BCUT2D eigenvalue weighted by Crippen LogP contribution is 2.28. The molecule has 3 heterocycles. The Bertz CT molecular complexity index is 1380. The SMILES string of the molecule is Cc1cc2ncc3c(n2n1)CCN(S(=O)(=O)c1ccc(Oc2ccccc2C)cc1)C3. The van der Waals surface area contributed by atoms with Crippen molar-refractivity contribution in [2.75, 3.05) is 6.54 Å². The molecular weight excluding hydrogens is 412 g/mol. The maximum atomic E-state index is 13.2. The highest BCUT2D eigenvalue weighted by molar-refractivity contribution is 7.89. The summed E-state index contributed by atoms with van der Waals surface area (Å²) < 4.78 is 35.7. The van der Waals surface area contributed by atoms with Crippen molar-refractivity contribution in [3.05, 3.63) is 83.3 Å².